The minimum atomic E-state index is 0. The van der Waals surface area contributed by atoms with E-state index in [4.69, 9.17) is 4.74 Å². The average Bonchev–Trinajstić information content (AvgIpc) is 3.18. The van der Waals surface area contributed by atoms with Gasteiger partial charge in [0.15, 0.2) is 0 Å². The van der Waals surface area contributed by atoms with Crippen LogP contribution in [0.1, 0.15) is 17.2 Å². The van der Waals surface area contributed by atoms with Gasteiger partial charge in [-0.2, -0.15) is 0 Å². The van der Waals surface area contributed by atoms with Crippen molar-refractivity contribution in [3.63, 3.8) is 0 Å². The number of benzene rings is 2. The van der Waals surface area contributed by atoms with Crippen LogP contribution >= 0.6 is 24.8 Å². The summed E-state index contributed by atoms with van der Waals surface area (Å²) in [7, 11) is 4.00. The molecule has 0 bridgehead atoms. The minimum Gasteiger partial charge on any atom is -0.497 e. The van der Waals surface area contributed by atoms with Crippen molar-refractivity contribution in [2.75, 3.05) is 40.3 Å². The summed E-state index contributed by atoms with van der Waals surface area (Å²) < 4.78 is 5.31. The van der Waals surface area contributed by atoms with E-state index in [0.717, 1.165) is 24.1 Å². The van der Waals surface area contributed by atoms with Gasteiger partial charge in [0.05, 0.1) is 7.11 Å². The lowest BCUT2D eigenvalue weighted by Gasteiger charge is -2.26. The van der Waals surface area contributed by atoms with E-state index in [1.807, 2.05) is 0 Å². The summed E-state index contributed by atoms with van der Waals surface area (Å²) in [5, 5.41) is 0. The summed E-state index contributed by atoms with van der Waals surface area (Å²) in [5.41, 5.74) is 2.70. The van der Waals surface area contributed by atoms with E-state index in [0.29, 0.717) is 6.04 Å². The summed E-state index contributed by atoms with van der Waals surface area (Å²) in [4.78, 5) is 5.15. The molecule has 0 N–H and O–H groups in total. The zero-order chi connectivity index (χ0) is 17.9. The van der Waals surface area contributed by atoms with E-state index in [2.05, 4.69) is 83.6 Å². The van der Waals surface area contributed by atoms with E-state index in [9.17, 15) is 0 Å². The molecule has 2 saturated heterocycles. The average molecular weight is 421 g/mol. The molecular weight excluding hydrogens is 391 g/mol. The van der Waals surface area contributed by atoms with Crippen LogP contribution in [0, 0.1) is 11.8 Å². The highest BCUT2D eigenvalue weighted by molar-refractivity contribution is 5.85. The van der Waals surface area contributed by atoms with Gasteiger partial charge < -0.3 is 4.74 Å². The number of fused-ring (bicyclic) bond motifs is 1. The van der Waals surface area contributed by atoms with E-state index in [-0.39, 0.29) is 24.8 Å². The van der Waals surface area contributed by atoms with Crippen LogP contribution in [0.3, 0.4) is 0 Å². The lowest BCUT2D eigenvalue weighted by Crippen LogP contribution is -2.29. The van der Waals surface area contributed by atoms with Gasteiger partial charge in [0.1, 0.15) is 5.75 Å². The quantitative estimate of drug-likeness (QED) is 0.691. The molecule has 28 heavy (non-hydrogen) atoms. The second-order valence-corrected chi connectivity index (χ2v) is 7.61. The molecule has 2 aliphatic rings. The zero-order valence-corrected chi connectivity index (χ0v) is 18.2. The second kappa shape index (κ2) is 10.3. The normalized spacial score (nSPS) is 24.6. The maximum absolute atomic E-state index is 5.31. The first-order valence-electron chi connectivity index (χ1n) is 9.53. The van der Waals surface area contributed by atoms with Crippen molar-refractivity contribution in [2.45, 2.75) is 6.04 Å². The van der Waals surface area contributed by atoms with Crippen LogP contribution in [0.5, 0.6) is 5.75 Å². The first-order valence-corrected chi connectivity index (χ1v) is 9.53. The van der Waals surface area contributed by atoms with Gasteiger partial charge in [-0.15, -0.1) is 24.8 Å². The van der Waals surface area contributed by atoms with Gasteiger partial charge in [0, 0.05) is 32.2 Å². The topological polar surface area (TPSA) is 15.7 Å². The molecule has 2 aromatic carbocycles. The van der Waals surface area contributed by atoms with Crippen molar-refractivity contribution in [1.82, 2.24) is 9.80 Å². The van der Waals surface area contributed by atoms with E-state index < -0.39 is 0 Å². The van der Waals surface area contributed by atoms with Gasteiger partial charge in [-0.1, -0.05) is 54.6 Å². The second-order valence-electron chi connectivity index (χ2n) is 7.61. The summed E-state index contributed by atoms with van der Waals surface area (Å²) in [6, 6.07) is 19.7. The molecule has 3 nitrogen and oxygen atoms in total. The molecule has 2 heterocycles. The monoisotopic (exact) mass is 420 g/mol. The smallest absolute Gasteiger partial charge is 0.118 e. The lowest BCUT2D eigenvalue weighted by molar-refractivity contribution is 0.237. The number of ether oxygens (including phenoxy) is 1. The molecule has 0 aromatic heterocycles. The molecule has 2 aliphatic heterocycles. The predicted molar refractivity (Wildman–Crippen MR) is 122 cm³/mol. The zero-order valence-electron chi connectivity index (χ0n) is 16.5. The Bertz CT molecular complexity index is 751. The molecule has 0 saturated carbocycles. The fourth-order valence-corrected chi connectivity index (χ4v) is 4.70. The third-order valence-electron chi connectivity index (χ3n) is 5.90. The van der Waals surface area contributed by atoms with Gasteiger partial charge in [0.2, 0.25) is 0 Å². The number of methoxy groups -OCH3 is 1. The molecule has 0 spiro atoms. The largest absolute Gasteiger partial charge is 0.497 e. The summed E-state index contributed by atoms with van der Waals surface area (Å²) in [5.74, 6) is 2.43. The van der Waals surface area contributed by atoms with Gasteiger partial charge >= 0.3 is 0 Å². The van der Waals surface area contributed by atoms with E-state index in [1.54, 1.807) is 7.11 Å². The Labute approximate surface area is 181 Å². The maximum Gasteiger partial charge on any atom is 0.118 e. The van der Waals surface area contributed by atoms with Crippen molar-refractivity contribution >= 4 is 30.9 Å². The molecule has 0 amide bonds. The summed E-state index contributed by atoms with van der Waals surface area (Å²) in [6.45, 7) is 4.63. The van der Waals surface area contributed by atoms with Crippen LogP contribution in [-0.4, -0.2) is 50.1 Å². The third kappa shape index (κ3) is 4.90. The van der Waals surface area contributed by atoms with Gasteiger partial charge in [-0.25, -0.2) is 0 Å². The fourth-order valence-electron chi connectivity index (χ4n) is 4.70. The standard InChI is InChI=1S/C23H28N2O.2ClH/c1-24-15-20-16-25(14-6-9-18-7-4-3-5-8-18)17-22(20)23(24)19-10-12-21(26-2)13-11-19;;/h3-13,20,22-23H,14-17H2,1-2H3;2*1H/b9-6+;;/t20-,22+,23-;;/m0../s1. The molecule has 0 radical (unpaired) electrons. The fraction of sp³-hybridized carbons (Fsp3) is 0.391. The highest BCUT2D eigenvalue weighted by Gasteiger charge is 2.45. The number of hydrogen-bond donors (Lipinski definition) is 0. The summed E-state index contributed by atoms with van der Waals surface area (Å²) >= 11 is 0. The van der Waals surface area contributed by atoms with Crippen LogP contribution in [-0.2, 0) is 0 Å². The highest BCUT2D eigenvalue weighted by Crippen LogP contribution is 2.44. The van der Waals surface area contributed by atoms with Crippen molar-refractivity contribution < 1.29 is 4.74 Å². The molecule has 152 valence electrons. The first kappa shape index (κ1) is 22.8. The van der Waals surface area contributed by atoms with Gasteiger partial charge in [0.25, 0.3) is 0 Å². The molecule has 0 aliphatic carbocycles. The number of rotatable bonds is 5. The van der Waals surface area contributed by atoms with Crippen molar-refractivity contribution in [3.8, 4) is 5.75 Å². The molecular formula is C23H30Cl2N2O. The summed E-state index contributed by atoms with van der Waals surface area (Å²) in [6.07, 6.45) is 4.55. The molecule has 3 atom stereocenters. The third-order valence-corrected chi connectivity index (χ3v) is 5.90. The predicted octanol–water partition coefficient (Wildman–Crippen LogP) is 4.79. The Morgan fingerprint density at radius 2 is 1.68 bits per heavy atom. The van der Waals surface area contributed by atoms with Crippen LogP contribution in [0.2, 0.25) is 0 Å². The number of nitrogens with zero attached hydrogens (tertiary/aromatic N) is 2. The van der Waals surface area contributed by atoms with Crippen molar-refractivity contribution in [3.05, 3.63) is 71.8 Å². The SMILES string of the molecule is COc1ccc([C@H]2[C@@H]3CN(C/C=C/c4ccccc4)C[C@@H]3CN2C)cc1.Cl.Cl. The molecule has 2 fully saturated rings. The Morgan fingerprint density at radius 3 is 2.36 bits per heavy atom. The van der Waals surface area contributed by atoms with Crippen LogP contribution in [0.15, 0.2) is 60.7 Å². The molecule has 2 aromatic rings. The maximum atomic E-state index is 5.31. The molecule has 4 rings (SSSR count). The Balaban J connectivity index is 0.00000140. The first-order chi connectivity index (χ1) is 12.7. The minimum absolute atomic E-state index is 0. The number of hydrogen-bond acceptors (Lipinski definition) is 3. The van der Waals surface area contributed by atoms with Crippen LogP contribution in [0.4, 0.5) is 0 Å². The van der Waals surface area contributed by atoms with Crippen molar-refractivity contribution in [1.29, 1.82) is 0 Å². The van der Waals surface area contributed by atoms with Crippen LogP contribution in [0.25, 0.3) is 6.08 Å². The Hall–Kier alpha value is -1.52. The Kier molecular flexibility index (Phi) is 8.38. The number of likely N-dealkylation sites (tertiary alicyclic amines) is 2. The molecule has 5 heteroatoms. The highest BCUT2D eigenvalue weighted by atomic mass is 35.5. The van der Waals surface area contributed by atoms with E-state index >= 15 is 0 Å². The van der Waals surface area contributed by atoms with E-state index in [1.165, 1.54) is 30.8 Å². The van der Waals surface area contributed by atoms with Crippen LogP contribution < -0.4 is 4.74 Å². The number of halogens is 2. The van der Waals surface area contributed by atoms with Gasteiger partial charge in [-0.3, -0.25) is 9.80 Å². The van der Waals surface area contributed by atoms with Crippen molar-refractivity contribution in [2.24, 2.45) is 11.8 Å². The Morgan fingerprint density at radius 1 is 0.964 bits per heavy atom. The van der Waals surface area contributed by atoms with Gasteiger partial charge in [-0.05, 0) is 42.1 Å². The molecule has 0 unspecified atom stereocenters. The lowest BCUT2D eigenvalue weighted by atomic mass is 9.89.